The molecule has 1 atom stereocenters. The average molecular weight is 894 g/mol. The number of nitrogens with one attached hydrogen (secondary N) is 2. The number of aliphatic hydroxyl groups is 1. The van der Waals surface area contributed by atoms with Crippen molar-refractivity contribution in [2.75, 3.05) is 36.4 Å². The number of piperidine rings is 3. The monoisotopic (exact) mass is 893 g/mol. The Morgan fingerprint density at radius 2 is 1.67 bits per heavy atom. The maximum atomic E-state index is 13.6. The van der Waals surface area contributed by atoms with Gasteiger partial charge in [-0.25, -0.2) is 9.97 Å². The SMILES string of the molecule is CC(=O)c1c(C)c2cnc(Nc3ccc(N4CCC(Oc5ccc(CN6CCC(O)(c7ccc8c(c7)CN(C7CCC(=O)NC7=O)C8=O)CC6)cc5)CC4)cn3)nc2n(C2CCCC2)c1=O. The van der Waals surface area contributed by atoms with Gasteiger partial charge in [0.25, 0.3) is 11.5 Å². The number of carbonyl (C=O) groups is 4. The van der Waals surface area contributed by atoms with E-state index in [0.717, 1.165) is 80.7 Å². The molecule has 7 heterocycles. The standard InChI is InChI=1S/C50H55N9O7/c1-30-40-27-52-49(55-45(40)59(35-5-3-4-6-35)48(64)44(30)31(2)60)53-42-15-10-36(26-51-42)57-21-17-38(18-22-57)66-37-11-7-32(8-12-37)28-56-23-19-50(65,20-24-56)34-9-13-39-33(25-34)29-58(47(39)63)41-14-16-43(61)54-46(41)62/h7-13,15,25-27,35,38,41,65H,3-6,14,16-24,28-29H2,1-2H3,(H,54,61,62)(H,51,52,53,55). The van der Waals surface area contributed by atoms with E-state index in [9.17, 15) is 29.1 Å². The van der Waals surface area contributed by atoms with Crippen molar-refractivity contribution in [2.45, 2.75) is 115 Å². The molecule has 1 unspecified atom stereocenters. The van der Waals surface area contributed by atoms with Crippen molar-refractivity contribution in [3.63, 3.8) is 0 Å². The first kappa shape index (κ1) is 43.4. The van der Waals surface area contributed by atoms with Crippen LogP contribution in [0.5, 0.6) is 5.75 Å². The van der Waals surface area contributed by atoms with Crippen LogP contribution in [0, 0.1) is 6.92 Å². The summed E-state index contributed by atoms with van der Waals surface area (Å²) in [7, 11) is 0. The number of aromatic nitrogens is 4. The van der Waals surface area contributed by atoms with E-state index in [4.69, 9.17) is 9.72 Å². The van der Waals surface area contributed by atoms with Crippen molar-refractivity contribution in [3.8, 4) is 5.75 Å². The maximum Gasteiger partial charge on any atom is 0.263 e. The lowest BCUT2D eigenvalue weighted by atomic mass is 9.83. The van der Waals surface area contributed by atoms with E-state index in [0.29, 0.717) is 66.3 Å². The lowest BCUT2D eigenvalue weighted by Gasteiger charge is -2.38. The number of pyridine rings is 2. The van der Waals surface area contributed by atoms with Crippen molar-refractivity contribution >= 4 is 52.0 Å². The molecule has 16 heteroatoms. The molecule has 4 fully saturated rings. The number of hydrogen-bond acceptors (Lipinski definition) is 13. The number of fused-ring (bicyclic) bond motifs is 2. The zero-order valence-electron chi connectivity index (χ0n) is 37.4. The molecule has 4 aliphatic heterocycles. The quantitative estimate of drug-likeness (QED) is 0.106. The number of anilines is 3. The Bertz CT molecular complexity index is 2770. The van der Waals surface area contributed by atoms with Crippen LogP contribution in [0.4, 0.5) is 17.5 Å². The number of benzene rings is 2. The van der Waals surface area contributed by atoms with Crippen LogP contribution in [0.2, 0.25) is 0 Å². The summed E-state index contributed by atoms with van der Waals surface area (Å²) in [6.07, 6.45) is 10.8. The zero-order valence-corrected chi connectivity index (χ0v) is 37.4. The van der Waals surface area contributed by atoms with Gasteiger partial charge in [0.05, 0.1) is 23.0 Å². The molecule has 5 aliphatic rings. The number of likely N-dealkylation sites (tertiary alicyclic amines) is 1. The molecular weight excluding hydrogens is 839 g/mol. The second kappa shape index (κ2) is 17.7. The van der Waals surface area contributed by atoms with Crippen LogP contribution in [0.1, 0.15) is 120 Å². The minimum atomic E-state index is -1.01. The number of amides is 3. The lowest BCUT2D eigenvalue weighted by Crippen LogP contribution is -2.52. The number of ether oxygens (including phenoxy) is 1. The molecular formula is C50H55N9O7. The smallest absolute Gasteiger partial charge is 0.263 e. The predicted molar refractivity (Wildman–Crippen MR) is 247 cm³/mol. The molecule has 16 nitrogen and oxygen atoms in total. The number of nitrogens with zero attached hydrogens (tertiary/aromatic N) is 7. The number of hydrogen-bond donors (Lipinski definition) is 3. The summed E-state index contributed by atoms with van der Waals surface area (Å²) >= 11 is 0. The Hall–Kier alpha value is -6.52. The summed E-state index contributed by atoms with van der Waals surface area (Å²) in [5, 5.41) is 18.0. The van der Waals surface area contributed by atoms with Gasteiger partial charge >= 0.3 is 0 Å². The molecule has 0 radical (unpaired) electrons. The highest BCUT2D eigenvalue weighted by Crippen LogP contribution is 2.38. The van der Waals surface area contributed by atoms with Gasteiger partial charge in [-0.15, -0.1) is 0 Å². The van der Waals surface area contributed by atoms with Crippen LogP contribution in [0.3, 0.4) is 0 Å². The first-order valence-corrected chi connectivity index (χ1v) is 23.3. The van der Waals surface area contributed by atoms with Crippen molar-refractivity contribution in [2.24, 2.45) is 0 Å². The van der Waals surface area contributed by atoms with E-state index in [1.54, 1.807) is 23.8 Å². The molecule has 1 aliphatic carbocycles. The molecule has 10 rings (SSSR count). The Labute approximate surface area is 382 Å². The number of carbonyl (C=O) groups excluding carboxylic acids is 4. The van der Waals surface area contributed by atoms with Crippen LogP contribution < -0.4 is 25.8 Å². The van der Waals surface area contributed by atoms with Crippen LogP contribution in [-0.2, 0) is 28.3 Å². The highest BCUT2D eigenvalue weighted by Gasteiger charge is 2.41. The molecule has 0 bridgehead atoms. The summed E-state index contributed by atoms with van der Waals surface area (Å²) < 4.78 is 8.14. The van der Waals surface area contributed by atoms with Crippen molar-refractivity contribution in [1.29, 1.82) is 0 Å². The van der Waals surface area contributed by atoms with Gasteiger partial charge in [-0.05, 0) is 98.5 Å². The third-order valence-electron chi connectivity index (χ3n) is 14.4. The minimum absolute atomic E-state index is 0.00384. The molecule has 342 valence electrons. The van der Waals surface area contributed by atoms with Crippen molar-refractivity contribution in [3.05, 3.63) is 111 Å². The second-order valence-electron chi connectivity index (χ2n) is 18.7. The Morgan fingerprint density at radius 3 is 2.36 bits per heavy atom. The number of Topliss-reactive ketones (excluding diaryl/α,β-unsaturated/α-hetero) is 1. The third-order valence-corrected chi connectivity index (χ3v) is 14.4. The summed E-state index contributed by atoms with van der Waals surface area (Å²) in [5.41, 5.74) is 4.40. The first-order chi connectivity index (χ1) is 31.9. The van der Waals surface area contributed by atoms with Crippen molar-refractivity contribution < 1.29 is 29.0 Å². The molecule has 3 saturated heterocycles. The van der Waals surface area contributed by atoms with Gasteiger partial charge in [0.1, 0.15) is 29.4 Å². The van der Waals surface area contributed by atoms with Gasteiger partial charge in [0.15, 0.2) is 5.78 Å². The Balaban J connectivity index is 0.693. The Morgan fingerprint density at radius 1 is 0.909 bits per heavy atom. The fraction of sp³-hybridized carbons (Fsp3) is 0.440. The highest BCUT2D eigenvalue weighted by molar-refractivity contribution is 6.05. The van der Waals surface area contributed by atoms with E-state index in [1.165, 1.54) is 17.4 Å². The fourth-order valence-corrected chi connectivity index (χ4v) is 10.7. The molecule has 3 N–H and O–H groups in total. The average Bonchev–Trinajstić information content (AvgIpc) is 3.96. The number of rotatable bonds is 11. The van der Waals surface area contributed by atoms with Gasteiger partial charge in [0, 0.05) is 81.7 Å². The summed E-state index contributed by atoms with van der Waals surface area (Å²) in [4.78, 5) is 83.6. The Kier molecular flexibility index (Phi) is 11.6. The summed E-state index contributed by atoms with van der Waals surface area (Å²) in [5.74, 6) is 0.570. The highest BCUT2D eigenvalue weighted by atomic mass is 16.5. The second-order valence-corrected chi connectivity index (χ2v) is 18.7. The van der Waals surface area contributed by atoms with E-state index in [2.05, 4.69) is 42.5 Å². The van der Waals surface area contributed by atoms with E-state index in [-0.39, 0.29) is 53.8 Å². The van der Waals surface area contributed by atoms with Gasteiger partial charge in [0.2, 0.25) is 17.8 Å². The lowest BCUT2D eigenvalue weighted by molar-refractivity contribution is -0.136. The van der Waals surface area contributed by atoms with Crippen LogP contribution >= 0.6 is 0 Å². The largest absolute Gasteiger partial charge is 0.490 e. The normalized spacial score (nSPS) is 20.5. The molecule has 0 spiro atoms. The van der Waals surface area contributed by atoms with E-state index in [1.807, 2.05) is 42.6 Å². The molecule has 3 aromatic heterocycles. The van der Waals surface area contributed by atoms with Gasteiger partial charge < -0.3 is 25.0 Å². The molecule has 5 aromatic rings. The van der Waals surface area contributed by atoms with E-state index < -0.39 is 17.6 Å². The van der Waals surface area contributed by atoms with E-state index >= 15 is 0 Å². The molecule has 3 amide bonds. The fourth-order valence-electron chi connectivity index (χ4n) is 10.7. The topological polar surface area (TPSA) is 192 Å². The van der Waals surface area contributed by atoms with Crippen LogP contribution in [0.15, 0.2) is 71.8 Å². The molecule has 66 heavy (non-hydrogen) atoms. The maximum absolute atomic E-state index is 13.6. The van der Waals surface area contributed by atoms with Gasteiger partial charge in [-0.3, -0.25) is 38.8 Å². The predicted octanol–water partition coefficient (Wildman–Crippen LogP) is 5.85. The molecule has 1 saturated carbocycles. The minimum Gasteiger partial charge on any atom is -0.490 e. The van der Waals surface area contributed by atoms with Crippen LogP contribution in [-0.4, -0.2) is 96.3 Å². The zero-order chi connectivity index (χ0) is 45.7. The van der Waals surface area contributed by atoms with Gasteiger partial charge in [-0.2, -0.15) is 4.98 Å². The number of aryl methyl sites for hydroxylation is 1. The summed E-state index contributed by atoms with van der Waals surface area (Å²) in [6, 6.07) is 17.1. The van der Waals surface area contributed by atoms with Crippen molar-refractivity contribution in [1.82, 2.24) is 34.6 Å². The number of imide groups is 1. The van der Waals surface area contributed by atoms with Gasteiger partial charge in [-0.1, -0.05) is 37.1 Å². The van der Waals surface area contributed by atoms with Crippen LogP contribution in [0.25, 0.3) is 11.0 Å². The first-order valence-electron chi connectivity index (χ1n) is 23.3. The number of ketones is 1. The summed E-state index contributed by atoms with van der Waals surface area (Å²) in [6.45, 7) is 7.37. The third kappa shape index (κ3) is 8.43. The molecule has 2 aromatic carbocycles.